The van der Waals surface area contributed by atoms with Gasteiger partial charge in [0.25, 0.3) is 0 Å². The lowest BCUT2D eigenvalue weighted by Gasteiger charge is -2.18. The lowest BCUT2D eigenvalue weighted by Crippen LogP contribution is -2.22. The molecule has 0 amide bonds. The van der Waals surface area contributed by atoms with Crippen LogP contribution in [0.2, 0.25) is 0 Å². The Morgan fingerprint density at radius 1 is 1.05 bits per heavy atom. The van der Waals surface area contributed by atoms with Crippen LogP contribution in [0.5, 0.6) is 0 Å². The molecule has 2 rings (SSSR count). The van der Waals surface area contributed by atoms with Crippen molar-refractivity contribution in [2.75, 3.05) is 13.1 Å². The Morgan fingerprint density at radius 2 is 1.71 bits per heavy atom. The highest BCUT2D eigenvalue weighted by molar-refractivity contribution is 7.07. The fourth-order valence-corrected chi connectivity index (χ4v) is 3.13. The van der Waals surface area contributed by atoms with E-state index in [-0.39, 0.29) is 0 Å². The molecule has 0 bridgehead atoms. The van der Waals surface area contributed by atoms with Crippen LogP contribution in [-0.2, 0) is 13.1 Å². The number of thiophene rings is 1. The fraction of sp³-hybridized carbons (Fsp3) is 0.444. The highest BCUT2D eigenvalue weighted by atomic mass is 32.1. The minimum absolute atomic E-state index is 0.409. The normalized spacial score (nSPS) is 12.8. The molecule has 2 nitrogen and oxygen atoms in total. The van der Waals surface area contributed by atoms with Gasteiger partial charge >= 0.3 is 0 Å². The Balaban J connectivity index is 1.85. The molecule has 1 heterocycles. The number of hydrogen-bond acceptors (Lipinski definition) is 3. The molecule has 0 aliphatic carbocycles. The molecule has 0 saturated heterocycles. The number of rotatable bonds is 8. The molecule has 1 atom stereocenters. The molecule has 0 spiro atoms. The maximum atomic E-state index is 3.58. The molecular weight excluding hydrogens is 276 g/mol. The predicted molar refractivity (Wildman–Crippen MR) is 92.6 cm³/mol. The molecule has 0 radical (unpaired) electrons. The molecule has 1 unspecified atom stereocenters. The largest absolute Gasteiger partial charge is 0.306 e. The third-order valence-electron chi connectivity index (χ3n) is 3.98. The summed E-state index contributed by atoms with van der Waals surface area (Å²) in [6, 6.07) is 11.6. The first-order valence-electron chi connectivity index (χ1n) is 7.78. The summed E-state index contributed by atoms with van der Waals surface area (Å²) in [6.45, 7) is 10.8. The maximum absolute atomic E-state index is 3.58. The van der Waals surface area contributed by atoms with Gasteiger partial charge in [0.05, 0.1) is 0 Å². The molecule has 0 saturated carbocycles. The van der Waals surface area contributed by atoms with Gasteiger partial charge in [0.2, 0.25) is 0 Å². The number of hydrogen-bond donors (Lipinski definition) is 1. The molecule has 1 aromatic carbocycles. The highest BCUT2D eigenvalue weighted by Gasteiger charge is 2.05. The van der Waals surface area contributed by atoms with Crippen LogP contribution in [0, 0.1) is 0 Å². The molecule has 114 valence electrons. The molecule has 0 aliphatic heterocycles. The third kappa shape index (κ3) is 4.95. The SMILES string of the molecule is CCN(CC)Cc1ccc(CNC(C)c2ccsc2)cc1. The van der Waals surface area contributed by atoms with Gasteiger partial charge in [0.1, 0.15) is 0 Å². The van der Waals surface area contributed by atoms with Gasteiger partial charge in [0, 0.05) is 19.1 Å². The molecule has 0 fully saturated rings. The Morgan fingerprint density at radius 3 is 2.29 bits per heavy atom. The van der Waals surface area contributed by atoms with Crippen LogP contribution < -0.4 is 5.32 Å². The van der Waals surface area contributed by atoms with Gasteiger partial charge in [0.15, 0.2) is 0 Å². The van der Waals surface area contributed by atoms with E-state index in [1.165, 1.54) is 16.7 Å². The lowest BCUT2D eigenvalue weighted by molar-refractivity contribution is 0.296. The highest BCUT2D eigenvalue weighted by Crippen LogP contribution is 2.16. The van der Waals surface area contributed by atoms with Crippen molar-refractivity contribution < 1.29 is 0 Å². The van der Waals surface area contributed by atoms with E-state index in [0.29, 0.717) is 6.04 Å². The second-order valence-electron chi connectivity index (χ2n) is 5.44. The van der Waals surface area contributed by atoms with Crippen molar-refractivity contribution in [2.24, 2.45) is 0 Å². The predicted octanol–water partition coefficient (Wildman–Crippen LogP) is 4.44. The minimum atomic E-state index is 0.409. The van der Waals surface area contributed by atoms with Crippen LogP contribution in [0.3, 0.4) is 0 Å². The van der Waals surface area contributed by atoms with E-state index in [4.69, 9.17) is 0 Å². The van der Waals surface area contributed by atoms with Crippen LogP contribution in [0.25, 0.3) is 0 Å². The average molecular weight is 302 g/mol. The fourth-order valence-electron chi connectivity index (χ4n) is 2.38. The zero-order valence-electron chi connectivity index (χ0n) is 13.3. The maximum Gasteiger partial charge on any atom is 0.0303 e. The quantitative estimate of drug-likeness (QED) is 0.775. The Bertz CT molecular complexity index is 501. The van der Waals surface area contributed by atoms with Gasteiger partial charge in [-0.15, -0.1) is 0 Å². The Kier molecular flexibility index (Phi) is 6.43. The molecule has 0 aliphatic rings. The van der Waals surface area contributed by atoms with Gasteiger partial charge < -0.3 is 5.32 Å². The van der Waals surface area contributed by atoms with Crippen molar-refractivity contribution in [1.82, 2.24) is 10.2 Å². The van der Waals surface area contributed by atoms with Crippen LogP contribution >= 0.6 is 11.3 Å². The van der Waals surface area contributed by atoms with E-state index in [9.17, 15) is 0 Å². The van der Waals surface area contributed by atoms with Crippen molar-refractivity contribution in [3.8, 4) is 0 Å². The summed E-state index contributed by atoms with van der Waals surface area (Å²) in [6.07, 6.45) is 0. The topological polar surface area (TPSA) is 15.3 Å². The summed E-state index contributed by atoms with van der Waals surface area (Å²) < 4.78 is 0. The zero-order valence-corrected chi connectivity index (χ0v) is 14.1. The monoisotopic (exact) mass is 302 g/mol. The van der Waals surface area contributed by atoms with Gasteiger partial charge in [-0.1, -0.05) is 38.1 Å². The zero-order chi connectivity index (χ0) is 15.1. The summed E-state index contributed by atoms with van der Waals surface area (Å²) in [5.41, 5.74) is 4.12. The van der Waals surface area contributed by atoms with Crippen LogP contribution in [0.4, 0.5) is 0 Å². The molecule has 1 N–H and O–H groups in total. The first-order valence-corrected chi connectivity index (χ1v) is 8.72. The molecule has 3 heteroatoms. The third-order valence-corrected chi connectivity index (χ3v) is 4.68. The smallest absolute Gasteiger partial charge is 0.0303 e. The molecule has 2 aromatic rings. The Hall–Kier alpha value is -1.16. The summed E-state index contributed by atoms with van der Waals surface area (Å²) >= 11 is 1.76. The van der Waals surface area contributed by atoms with Gasteiger partial charge in [-0.3, -0.25) is 4.90 Å². The summed E-state index contributed by atoms with van der Waals surface area (Å²) in [5, 5.41) is 7.93. The number of benzene rings is 1. The van der Waals surface area contributed by atoms with E-state index in [1.807, 2.05) is 0 Å². The van der Waals surface area contributed by atoms with E-state index >= 15 is 0 Å². The van der Waals surface area contributed by atoms with E-state index in [1.54, 1.807) is 11.3 Å². The number of nitrogens with zero attached hydrogens (tertiary/aromatic N) is 1. The first kappa shape index (κ1) is 16.2. The van der Waals surface area contributed by atoms with Gasteiger partial charge in [-0.05, 0) is 53.5 Å². The average Bonchev–Trinajstić information content (AvgIpc) is 3.06. The lowest BCUT2D eigenvalue weighted by atomic mass is 10.1. The van der Waals surface area contributed by atoms with Crippen LogP contribution in [0.1, 0.15) is 43.5 Å². The van der Waals surface area contributed by atoms with Crippen LogP contribution in [0.15, 0.2) is 41.1 Å². The standard InChI is InChI=1S/C18H26N2S/c1-4-20(5-2)13-17-8-6-16(7-9-17)12-19-15(3)18-10-11-21-14-18/h6-11,14-15,19H,4-5,12-13H2,1-3H3. The Labute approximate surface area is 132 Å². The van der Waals surface area contributed by atoms with Crippen LogP contribution in [-0.4, -0.2) is 18.0 Å². The molecule has 21 heavy (non-hydrogen) atoms. The summed E-state index contributed by atoms with van der Waals surface area (Å²) in [4.78, 5) is 2.44. The molecular formula is C18H26N2S. The first-order chi connectivity index (χ1) is 10.2. The van der Waals surface area contributed by atoms with Gasteiger partial charge in [-0.25, -0.2) is 0 Å². The van der Waals surface area contributed by atoms with Crippen molar-refractivity contribution in [2.45, 2.75) is 39.9 Å². The van der Waals surface area contributed by atoms with Crippen molar-refractivity contribution in [1.29, 1.82) is 0 Å². The molecule has 1 aromatic heterocycles. The minimum Gasteiger partial charge on any atom is -0.306 e. The van der Waals surface area contributed by atoms with E-state index in [0.717, 1.165) is 26.2 Å². The number of nitrogens with one attached hydrogen (secondary N) is 1. The second-order valence-corrected chi connectivity index (χ2v) is 6.22. The van der Waals surface area contributed by atoms with E-state index < -0.39 is 0 Å². The van der Waals surface area contributed by atoms with E-state index in [2.05, 4.69) is 72.1 Å². The van der Waals surface area contributed by atoms with Crippen molar-refractivity contribution in [3.63, 3.8) is 0 Å². The van der Waals surface area contributed by atoms with Crippen molar-refractivity contribution in [3.05, 3.63) is 57.8 Å². The summed E-state index contributed by atoms with van der Waals surface area (Å²) in [5.74, 6) is 0. The summed E-state index contributed by atoms with van der Waals surface area (Å²) in [7, 11) is 0. The second kappa shape index (κ2) is 8.32. The van der Waals surface area contributed by atoms with Gasteiger partial charge in [-0.2, -0.15) is 11.3 Å². The van der Waals surface area contributed by atoms with Crippen molar-refractivity contribution >= 4 is 11.3 Å².